The maximum absolute atomic E-state index is 12.7. The number of alkyl halides is 3. The van der Waals surface area contributed by atoms with Gasteiger partial charge in [-0.05, 0) is 42.9 Å². The summed E-state index contributed by atoms with van der Waals surface area (Å²) < 4.78 is 38.0. The largest absolute Gasteiger partial charge is 0.416 e. The zero-order valence-corrected chi connectivity index (χ0v) is 17.7. The first kappa shape index (κ1) is 22.1. The number of hydrogen-bond donors (Lipinski definition) is 1. The summed E-state index contributed by atoms with van der Waals surface area (Å²) in [6.07, 6.45) is 0.723. The number of hydrogen-bond acceptors (Lipinski definition) is 3. The fraction of sp³-hybridized carbons (Fsp3) is 0.652. The molecule has 5 nitrogen and oxygen atoms in total. The SMILES string of the molecule is O=C(NCCN1CCN(C(=O)C2CCCC2)CC1)C1CC1c1ccc(C(F)(F)F)cc1. The van der Waals surface area contributed by atoms with E-state index in [1.165, 1.54) is 12.1 Å². The second-order valence-electron chi connectivity index (χ2n) is 9.01. The quantitative estimate of drug-likeness (QED) is 0.743. The van der Waals surface area contributed by atoms with E-state index in [0.29, 0.717) is 18.9 Å². The zero-order chi connectivity index (χ0) is 22.0. The lowest BCUT2D eigenvalue weighted by Gasteiger charge is -2.36. The molecule has 2 amide bonds. The van der Waals surface area contributed by atoms with Crippen LogP contribution in [0.5, 0.6) is 0 Å². The second kappa shape index (κ2) is 9.18. The Balaban J connectivity index is 1.14. The van der Waals surface area contributed by atoms with Gasteiger partial charge in [0.15, 0.2) is 0 Å². The van der Waals surface area contributed by atoms with Gasteiger partial charge in [-0.1, -0.05) is 25.0 Å². The maximum atomic E-state index is 12.7. The number of piperazine rings is 1. The van der Waals surface area contributed by atoms with Crippen LogP contribution in [0.25, 0.3) is 0 Å². The van der Waals surface area contributed by atoms with E-state index in [1.54, 1.807) is 0 Å². The van der Waals surface area contributed by atoms with E-state index in [4.69, 9.17) is 0 Å². The van der Waals surface area contributed by atoms with Gasteiger partial charge in [0.1, 0.15) is 0 Å². The highest BCUT2D eigenvalue weighted by Crippen LogP contribution is 2.47. The smallest absolute Gasteiger partial charge is 0.355 e. The van der Waals surface area contributed by atoms with E-state index >= 15 is 0 Å². The lowest BCUT2D eigenvalue weighted by atomic mass is 10.1. The van der Waals surface area contributed by atoms with E-state index in [0.717, 1.165) is 76.1 Å². The van der Waals surface area contributed by atoms with Crippen LogP contribution >= 0.6 is 0 Å². The highest BCUT2D eigenvalue weighted by atomic mass is 19.4. The first-order chi connectivity index (χ1) is 14.8. The Morgan fingerprint density at radius 1 is 1.00 bits per heavy atom. The van der Waals surface area contributed by atoms with Crippen molar-refractivity contribution < 1.29 is 22.8 Å². The molecule has 31 heavy (non-hydrogen) atoms. The number of nitrogens with zero attached hydrogens (tertiary/aromatic N) is 2. The Labute approximate surface area is 181 Å². The van der Waals surface area contributed by atoms with Crippen LogP contribution in [0.3, 0.4) is 0 Å². The van der Waals surface area contributed by atoms with Crippen LogP contribution in [0.1, 0.15) is 49.1 Å². The average Bonchev–Trinajstić information content (AvgIpc) is 3.38. The van der Waals surface area contributed by atoms with Gasteiger partial charge in [0.25, 0.3) is 0 Å². The molecule has 1 heterocycles. The van der Waals surface area contributed by atoms with Gasteiger partial charge >= 0.3 is 6.18 Å². The van der Waals surface area contributed by atoms with Crippen molar-refractivity contribution in [2.75, 3.05) is 39.3 Å². The molecule has 3 fully saturated rings. The number of carbonyl (C=O) groups is 2. The molecule has 2 saturated carbocycles. The Bertz CT molecular complexity index is 782. The van der Waals surface area contributed by atoms with Crippen LogP contribution in [0.4, 0.5) is 13.2 Å². The van der Waals surface area contributed by atoms with Crippen molar-refractivity contribution in [1.82, 2.24) is 15.1 Å². The van der Waals surface area contributed by atoms with Crippen LogP contribution < -0.4 is 5.32 Å². The molecule has 0 spiro atoms. The third kappa shape index (κ3) is 5.40. The van der Waals surface area contributed by atoms with Crippen LogP contribution in [0.15, 0.2) is 24.3 Å². The lowest BCUT2D eigenvalue weighted by Crippen LogP contribution is -2.51. The van der Waals surface area contributed by atoms with Gasteiger partial charge < -0.3 is 10.2 Å². The lowest BCUT2D eigenvalue weighted by molar-refractivity contribution is -0.138. The van der Waals surface area contributed by atoms with Crippen LogP contribution in [-0.2, 0) is 15.8 Å². The molecular weight excluding hydrogens is 407 g/mol. The fourth-order valence-electron chi connectivity index (χ4n) is 4.86. The van der Waals surface area contributed by atoms with Crippen molar-refractivity contribution in [3.05, 3.63) is 35.4 Å². The molecule has 1 aliphatic heterocycles. The third-order valence-electron chi connectivity index (χ3n) is 6.91. The summed E-state index contributed by atoms with van der Waals surface area (Å²) in [6.45, 7) is 4.45. The molecule has 4 rings (SSSR count). The molecule has 170 valence electrons. The summed E-state index contributed by atoms with van der Waals surface area (Å²) in [6, 6.07) is 5.12. The number of benzene rings is 1. The molecule has 2 aliphatic carbocycles. The summed E-state index contributed by atoms with van der Waals surface area (Å²) in [5, 5.41) is 2.96. The molecule has 1 aromatic carbocycles. The third-order valence-corrected chi connectivity index (χ3v) is 6.91. The Morgan fingerprint density at radius 3 is 2.26 bits per heavy atom. The van der Waals surface area contributed by atoms with Gasteiger partial charge in [0, 0.05) is 51.1 Å². The number of halogens is 3. The fourth-order valence-corrected chi connectivity index (χ4v) is 4.86. The molecule has 8 heteroatoms. The molecular formula is C23H30F3N3O2. The highest BCUT2D eigenvalue weighted by molar-refractivity contribution is 5.82. The molecule has 2 unspecified atom stereocenters. The standard InChI is InChI=1S/C23H30F3N3O2/c24-23(25,26)18-7-5-16(6-8-18)19-15-20(19)21(30)27-9-10-28-11-13-29(14-12-28)22(31)17-3-1-2-4-17/h5-8,17,19-20H,1-4,9-15H2,(H,27,30). The van der Waals surface area contributed by atoms with Gasteiger partial charge in [-0.3, -0.25) is 14.5 Å². The molecule has 1 saturated heterocycles. The molecule has 0 aromatic heterocycles. The van der Waals surface area contributed by atoms with Gasteiger partial charge in [-0.2, -0.15) is 13.2 Å². The molecule has 1 aromatic rings. The molecule has 1 N–H and O–H groups in total. The number of nitrogens with one attached hydrogen (secondary N) is 1. The van der Waals surface area contributed by atoms with Crippen LogP contribution in [-0.4, -0.2) is 60.9 Å². The molecule has 0 radical (unpaired) electrons. The van der Waals surface area contributed by atoms with Crippen molar-refractivity contribution >= 4 is 11.8 Å². The van der Waals surface area contributed by atoms with Crippen molar-refractivity contribution in [3.63, 3.8) is 0 Å². The Kier molecular flexibility index (Phi) is 6.55. The van der Waals surface area contributed by atoms with Crippen LogP contribution in [0, 0.1) is 11.8 Å². The van der Waals surface area contributed by atoms with Crippen molar-refractivity contribution in [3.8, 4) is 0 Å². The monoisotopic (exact) mass is 437 g/mol. The summed E-state index contributed by atoms with van der Waals surface area (Å²) in [4.78, 5) is 29.1. The minimum absolute atomic E-state index is 0.00688. The average molecular weight is 438 g/mol. The minimum Gasteiger partial charge on any atom is -0.355 e. The first-order valence-corrected chi connectivity index (χ1v) is 11.3. The minimum atomic E-state index is -4.34. The summed E-state index contributed by atoms with van der Waals surface area (Å²) in [5.74, 6) is 0.362. The van der Waals surface area contributed by atoms with Crippen molar-refractivity contribution in [2.24, 2.45) is 11.8 Å². The van der Waals surface area contributed by atoms with E-state index in [9.17, 15) is 22.8 Å². The van der Waals surface area contributed by atoms with Crippen molar-refractivity contribution in [2.45, 2.75) is 44.2 Å². The molecule has 3 aliphatic rings. The summed E-state index contributed by atoms with van der Waals surface area (Å²) in [5.41, 5.74) is 0.124. The van der Waals surface area contributed by atoms with Gasteiger partial charge in [0.2, 0.25) is 11.8 Å². The number of carbonyl (C=O) groups excluding carboxylic acids is 2. The maximum Gasteiger partial charge on any atom is 0.416 e. The predicted molar refractivity (Wildman–Crippen MR) is 110 cm³/mol. The Hall–Kier alpha value is -2.09. The van der Waals surface area contributed by atoms with E-state index in [1.807, 2.05) is 4.90 Å². The number of amides is 2. The van der Waals surface area contributed by atoms with Gasteiger partial charge in [-0.25, -0.2) is 0 Å². The van der Waals surface area contributed by atoms with Crippen LogP contribution in [0.2, 0.25) is 0 Å². The summed E-state index contributed by atoms with van der Waals surface area (Å²) in [7, 11) is 0. The van der Waals surface area contributed by atoms with E-state index in [2.05, 4.69) is 10.2 Å². The topological polar surface area (TPSA) is 52.7 Å². The van der Waals surface area contributed by atoms with E-state index in [-0.39, 0.29) is 23.7 Å². The molecule has 0 bridgehead atoms. The molecule has 2 atom stereocenters. The Morgan fingerprint density at radius 2 is 1.65 bits per heavy atom. The summed E-state index contributed by atoms with van der Waals surface area (Å²) >= 11 is 0. The van der Waals surface area contributed by atoms with Crippen molar-refractivity contribution in [1.29, 1.82) is 0 Å². The second-order valence-corrected chi connectivity index (χ2v) is 9.01. The van der Waals surface area contributed by atoms with E-state index < -0.39 is 11.7 Å². The van der Waals surface area contributed by atoms with Gasteiger partial charge in [-0.15, -0.1) is 0 Å². The normalized spacial score (nSPS) is 24.9. The zero-order valence-electron chi connectivity index (χ0n) is 17.7. The predicted octanol–water partition coefficient (Wildman–Crippen LogP) is 3.26. The highest BCUT2D eigenvalue weighted by Gasteiger charge is 2.44. The number of rotatable bonds is 6. The van der Waals surface area contributed by atoms with Gasteiger partial charge in [0.05, 0.1) is 5.56 Å². The first-order valence-electron chi connectivity index (χ1n) is 11.3.